The molecular formula is C20H33NO. The minimum absolute atomic E-state index is 0.0788. The summed E-state index contributed by atoms with van der Waals surface area (Å²) in [4.78, 5) is 0. The SMILES string of the molecule is CN[C@@H]1CC[C@H]2[C@@H]3CC=C4C[C@@H](O)CC[C@]4(C)[C@H]3CC[C@]12C. The standard InChI is InChI=1S/C20H33NO/c1-19-10-8-14(22)12-13(19)4-5-15-16-6-7-18(21-3)20(16,2)11-9-17(15)19/h4,14-18,21-22H,5-12H2,1-3H3/t14-,15-,16-,17-,18+,19-,20-/m0/s1. The third-order valence-corrected chi connectivity index (χ3v) is 8.43. The molecule has 7 atom stereocenters. The number of aliphatic hydroxyl groups excluding tert-OH is 1. The van der Waals surface area contributed by atoms with Crippen LogP contribution in [0, 0.1) is 28.6 Å². The van der Waals surface area contributed by atoms with E-state index in [2.05, 4.69) is 32.3 Å². The Kier molecular flexibility index (Phi) is 3.51. The van der Waals surface area contributed by atoms with Crippen LogP contribution in [0.5, 0.6) is 0 Å². The van der Waals surface area contributed by atoms with Crippen LogP contribution in [0.1, 0.15) is 65.2 Å². The van der Waals surface area contributed by atoms with Gasteiger partial charge in [0.2, 0.25) is 0 Å². The Bertz CT molecular complexity index is 486. The predicted octanol–water partition coefficient (Wildman–Crippen LogP) is 3.90. The summed E-state index contributed by atoms with van der Waals surface area (Å²) in [5, 5.41) is 13.7. The highest BCUT2D eigenvalue weighted by Crippen LogP contribution is 2.64. The van der Waals surface area contributed by atoms with Gasteiger partial charge in [-0.15, -0.1) is 0 Å². The normalized spacial score (nSPS) is 54.2. The van der Waals surface area contributed by atoms with E-state index in [1.165, 1.54) is 38.5 Å². The summed E-state index contributed by atoms with van der Waals surface area (Å²) in [6.45, 7) is 5.09. The first-order valence-electron chi connectivity index (χ1n) is 9.54. The van der Waals surface area contributed by atoms with Crippen LogP contribution in [0.4, 0.5) is 0 Å². The van der Waals surface area contributed by atoms with Crippen molar-refractivity contribution in [3.8, 4) is 0 Å². The summed E-state index contributed by atoms with van der Waals surface area (Å²) in [5.41, 5.74) is 2.51. The summed E-state index contributed by atoms with van der Waals surface area (Å²) in [6.07, 6.45) is 12.5. The molecule has 0 aromatic heterocycles. The van der Waals surface area contributed by atoms with Gasteiger partial charge in [-0.2, -0.15) is 0 Å². The molecule has 4 aliphatic rings. The van der Waals surface area contributed by atoms with Crippen LogP contribution in [-0.4, -0.2) is 24.3 Å². The number of rotatable bonds is 1. The Hall–Kier alpha value is -0.340. The predicted molar refractivity (Wildman–Crippen MR) is 90.6 cm³/mol. The summed E-state index contributed by atoms with van der Waals surface area (Å²) in [5.74, 6) is 2.67. The van der Waals surface area contributed by atoms with Crippen LogP contribution >= 0.6 is 0 Å². The number of aliphatic hydroxyl groups is 1. The van der Waals surface area contributed by atoms with Gasteiger partial charge in [0, 0.05) is 6.04 Å². The molecule has 0 amide bonds. The maximum absolute atomic E-state index is 10.1. The molecule has 4 rings (SSSR count). The zero-order chi connectivity index (χ0) is 15.5. The van der Waals surface area contributed by atoms with Gasteiger partial charge in [-0.05, 0) is 87.0 Å². The van der Waals surface area contributed by atoms with E-state index in [1.807, 2.05) is 0 Å². The fourth-order valence-corrected chi connectivity index (χ4v) is 7.12. The van der Waals surface area contributed by atoms with E-state index >= 15 is 0 Å². The summed E-state index contributed by atoms with van der Waals surface area (Å²) >= 11 is 0. The Balaban J connectivity index is 1.66. The van der Waals surface area contributed by atoms with Gasteiger partial charge in [0.15, 0.2) is 0 Å². The largest absolute Gasteiger partial charge is 0.393 e. The average molecular weight is 303 g/mol. The van der Waals surface area contributed by atoms with Crippen LogP contribution < -0.4 is 5.32 Å². The van der Waals surface area contributed by atoms with Crippen molar-refractivity contribution in [3.05, 3.63) is 11.6 Å². The number of hydrogen-bond donors (Lipinski definition) is 2. The van der Waals surface area contributed by atoms with Gasteiger partial charge in [-0.1, -0.05) is 25.5 Å². The topological polar surface area (TPSA) is 32.3 Å². The lowest BCUT2D eigenvalue weighted by molar-refractivity contribution is -0.0427. The van der Waals surface area contributed by atoms with Crippen molar-refractivity contribution in [3.63, 3.8) is 0 Å². The van der Waals surface area contributed by atoms with E-state index in [0.29, 0.717) is 10.8 Å². The molecule has 0 aromatic rings. The maximum Gasteiger partial charge on any atom is 0.0577 e. The second-order valence-corrected chi connectivity index (χ2v) is 9.12. The van der Waals surface area contributed by atoms with Gasteiger partial charge >= 0.3 is 0 Å². The first-order chi connectivity index (χ1) is 10.5. The molecule has 4 aliphatic carbocycles. The third kappa shape index (κ3) is 1.92. The molecule has 0 aliphatic heterocycles. The van der Waals surface area contributed by atoms with Crippen molar-refractivity contribution >= 4 is 0 Å². The Morgan fingerprint density at radius 1 is 1.09 bits per heavy atom. The van der Waals surface area contributed by atoms with Crippen molar-refractivity contribution in [2.24, 2.45) is 28.6 Å². The lowest BCUT2D eigenvalue weighted by Crippen LogP contribution is -2.52. The molecule has 3 fully saturated rings. The van der Waals surface area contributed by atoms with E-state index in [0.717, 1.165) is 36.6 Å². The van der Waals surface area contributed by atoms with E-state index in [9.17, 15) is 5.11 Å². The molecule has 0 heterocycles. The lowest BCUT2D eigenvalue weighted by atomic mass is 9.48. The zero-order valence-corrected chi connectivity index (χ0v) is 14.6. The second kappa shape index (κ2) is 5.08. The molecule has 0 bridgehead atoms. The quantitative estimate of drug-likeness (QED) is 0.720. The van der Waals surface area contributed by atoms with Gasteiger partial charge in [0.05, 0.1) is 6.10 Å². The van der Waals surface area contributed by atoms with Gasteiger partial charge in [0.25, 0.3) is 0 Å². The lowest BCUT2D eigenvalue weighted by Gasteiger charge is -2.58. The first kappa shape index (κ1) is 15.2. The minimum Gasteiger partial charge on any atom is -0.393 e. The maximum atomic E-state index is 10.1. The summed E-state index contributed by atoms with van der Waals surface area (Å²) < 4.78 is 0. The van der Waals surface area contributed by atoms with Crippen molar-refractivity contribution in [2.45, 2.75) is 77.4 Å². The van der Waals surface area contributed by atoms with Crippen molar-refractivity contribution in [1.29, 1.82) is 0 Å². The van der Waals surface area contributed by atoms with E-state index in [1.54, 1.807) is 5.57 Å². The molecule has 0 aromatic carbocycles. The highest BCUT2D eigenvalue weighted by atomic mass is 16.3. The molecule has 3 saturated carbocycles. The number of allylic oxidation sites excluding steroid dienone is 1. The van der Waals surface area contributed by atoms with Crippen LogP contribution in [0.2, 0.25) is 0 Å². The van der Waals surface area contributed by atoms with E-state index in [-0.39, 0.29) is 6.10 Å². The van der Waals surface area contributed by atoms with Crippen molar-refractivity contribution in [2.75, 3.05) is 7.05 Å². The van der Waals surface area contributed by atoms with Crippen LogP contribution in [-0.2, 0) is 0 Å². The highest BCUT2D eigenvalue weighted by molar-refractivity contribution is 5.25. The van der Waals surface area contributed by atoms with E-state index in [4.69, 9.17) is 0 Å². The van der Waals surface area contributed by atoms with Gasteiger partial charge in [-0.25, -0.2) is 0 Å². The minimum atomic E-state index is -0.0788. The summed E-state index contributed by atoms with van der Waals surface area (Å²) in [6, 6.07) is 0.727. The molecule has 0 unspecified atom stereocenters. The fraction of sp³-hybridized carbons (Fsp3) is 0.900. The number of hydrogen-bond acceptors (Lipinski definition) is 2. The van der Waals surface area contributed by atoms with Crippen LogP contribution in [0.25, 0.3) is 0 Å². The Morgan fingerprint density at radius 2 is 1.91 bits per heavy atom. The zero-order valence-electron chi connectivity index (χ0n) is 14.6. The second-order valence-electron chi connectivity index (χ2n) is 9.12. The molecule has 0 spiro atoms. The van der Waals surface area contributed by atoms with Crippen molar-refractivity contribution in [1.82, 2.24) is 5.32 Å². The van der Waals surface area contributed by atoms with Gasteiger partial charge in [0.1, 0.15) is 0 Å². The Labute approximate surface area is 135 Å². The molecule has 124 valence electrons. The van der Waals surface area contributed by atoms with Gasteiger partial charge < -0.3 is 10.4 Å². The van der Waals surface area contributed by atoms with Gasteiger partial charge in [-0.3, -0.25) is 0 Å². The highest BCUT2D eigenvalue weighted by Gasteiger charge is 2.58. The van der Waals surface area contributed by atoms with Crippen LogP contribution in [0.15, 0.2) is 11.6 Å². The molecule has 2 nitrogen and oxygen atoms in total. The average Bonchev–Trinajstić information content (AvgIpc) is 2.84. The molecule has 0 saturated heterocycles. The summed E-state index contributed by atoms with van der Waals surface area (Å²) in [7, 11) is 2.16. The van der Waals surface area contributed by atoms with E-state index < -0.39 is 0 Å². The van der Waals surface area contributed by atoms with Crippen molar-refractivity contribution < 1.29 is 5.11 Å². The number of nitrogens with one attached hydrogen (secondary N) is 1. The monoisotopic (exact) mass is 303 g/mol. The Morgan fingerprint density at radius 3 is 2.68 bits per heavy atom. The number of fused-ring (bicyclic) bond motifs is 5. The molecule has 22 heavy (non-hydrogen) atoms. The van der Waals surface area contributed by atoms with Crippen LogP contribution in [0.3, 0.4) is 0 Å². The molecule has 2 N–H and O–H groups in total. The first-order valence-corrected chi connectivity index (χ1v) is 9.54. The molecule has 2 heteroatoms. The molecule has 0 radical (unpaired) electrons. The fourth-order valence-electron chi connectivity index (χ4n) is 7.12. The molecular weight excluding hydrogens is 270 g/mol. The third-order valence-electron chi connectivity index (χ3n) is 8.43. The smallest absolute Gasteiger partial charge is 0.0577 e.